The minimum atomic E-state index is 0.449. The number of ether oxygens (including phenoxy) is 1. The molecule has 0 spiro atoms. The molecule has 0 fully saturated rings. The summed E-state index contributed by atoms with van der Waals surface area (Å²) in [6.07, 6.45) is 2.71. The van der Waals surface area contributed by atoms with Crippen LogP contribution in [0.5, 0.6) is 5.75 Å². The summed E-state index contributed by atoms with van der Waals surface area (Å²) >= 11 is 5.16. The van der Waals surface area contributed by atoms with Crippen LogP contribution < -0.4 is 15.5 Å². The van der Waals surface area contributed by atoms with Crippen molar-refractivity contribution in [3.63, 3.8) is 0 Å². The Kier molecular flexibility index (Phi) is 6.39. The Balaban J connectivity index is 1.80. The van der Waals surface area contributed by atoms with E-state index in [1.54, 1.807) is 6.21 Å². The van der Waals surface area contributed by atoms with Crippen molar-refractivity contribution in [1.29, 1.82) is 0 Å². The third kappa shape index (κ3) is 5.54. The van der Waals surface area contributed by atoms with E-state index < -0.39 is 0 Å². The maximum Gasteiger partial charge on any atom is 0.191 e. The molecule has 0 unspecified atom stereocenters. The van der Waals surface area contributed by atoms with Gasteiger partial charge in [-0.3, -0.25) is 5.43 Å². The Morgan fingerprint density at radius 2 is 1.86 bits per heavy atom. The summed E-state index contributed by atoms with van der Waals surface area (Å²) in [4.78, 5) is 0. The molecule has 22 heavy (non-hydrogen) atoms. The highest BCUT2D eigenvalue weighted by Crippen LogP contribution is 2.11. The van der Waals surface area contributed by atoms with Gasteiger partial charge in [0.2, 0.25) is 0 Å². The van der Waals surface area contributed by atoms with Crippen LogP contribution in [0.2, 0.25) is 0 Å². The molecule has 0 amide bonds. The highest BCUT2D eigenvalue weighted by atomic mass is 32.1. The number of hydrazone groups is 1. The van der Waals surface area contributed by atoms with Crippen molar-refractivity contribution in [3.05, 3.63) is 60.2 Å². The van der Waals surface area contributed by atoms with Crippen LogP contribution in [-0.2, 0) is 0 Å². The number of nitrogens with one attached hydrogen (secondary N) is 2. The predicted octanol–water partition coefficient (Wildman–Crippen LogP) is 3.80. The van der Waals surface area contributed by atoms with Gasteiger partial charge in [0, 0.05) is 5.69 Å². The second kappa shape index (κ2) is 8.79. The zero-order chi connectivity index (χ0) is 15.6. The number of nitrogens with zero attached hydrogens (tertiary/aromatic N) is 1. The molecule has 0 radical (unpaired) electrons. The van der Waals surface area contributed by atoms with Gasteiger partial charge in [0.05, 0.1) is 12.8 Å². The Morgan fingerprint density at radius 3 is 2.55 bits per heavy atom. The standard InChI is InChI=1S/C17H19N3OS/c1-2-12-21-16-10-8-14(9-11-16)13-18-20-17(22)19-15-6-4-3-5-7-15/h3-11,13H,2,12H2,1H3,(H2,19,20,22). The minimum Gasteiger partial charge on any atom is -0.494 e. The predicted molar refractivity (Wildman–Crippen MR) is 95.6 cm³/mol. The van der Waals surface area contributed by atoms with E-state index in [1.807, 2.05) is 54.6 Å². The highest BCUT2D eigenvalue weighted by Gasteiger charge is 1.95. The number of rotatable bonds is 6. The topological polar surface area (TPSA) is 45.6 Å². The van der Waals surface area contributed by atoms with Gasteiger partial charge in [-0.2, -0.15) is 5.10 Å². The van der Waals surface area contributed by atoms with Crippen molar-refractivity contribution in [2.24, 2.45) is 5.10 Å². The second-order valence-corrected chi connectivity index (χ2v) is 5.02. The van der Waals surface area contributed by atoms with E-state index in [1.165, 1.54) is 0 Å². The normalized spacial score (nSPS) is 10.4. The maximum atomic E-state index is 5.53. The number of para-hydroxylation sites is 1. The molecule has 0 aromatic heterocycles. The van der Waals surface area contributed by atoms with Crippen LogP contribution in [-0.4, -0.2) is 17.9 Å². The van der Waals surface area contributed by atoms with E-state index >= 15 is 0 Å². The van der Waals surface area contributed by atoms with Gasteiger partial charge in [-0.05, 0) is 60.6 Å². The smallest absolute Gasteiger partial charge is 0.191 e. The number of anilines is 1. The molecule has 4 nitrogen and oxygen atoms in total. The fourth-order valence-corrected chi connectivity index (χ4v) is 1.89. The van der Waals surface area contributed by atoms with Crippen LogP contribution in [0.4, 0.5) is 5.69 Å². The molecule has 0 atom stereocenters. The molecule has 0 aliphatic heterocycles. The zero-order valence-corrected chi connectivity index (χ0v) is 13.3. The van der Waals surface area contributed by atoms with Gasteiger partial charge in [0.1, 0.15) is 5.75 Å². The molecule has 0 saturated carbocycles. The average Bonchev–Trinajstić information content (AvgIpc) is 2.55. The van der Waals surface area contributed by atoms with Crippen molar-refractivity contribution < 1.29 is 4.74 Å². The first-order valence-corrected chi connectivity index (χ1v) is 7.56. The van der Waals surface area contributed by atoms with Gasteiger partial charge in [-0.1, -0.05) is 25.1 Å². The number of hydrogen-bond donors (Lipinski definition) is 2. The summed E-state index contributed by atoms with van der Waals surface area (Å²) in [5.74, 6) is 0.869. The lowest BCUT2D eigenvalue weighted by Gasteiger charge is -2.06. The highest BCUT2D eigenvalue weighted by molar-refractivity contribution is 7.80. The van der Waals surface area contributed by atoms with Crippen molar-refractivity contribution in [1.82, 2.24) is 5.43 Å². The van der Waals surface area contributed by atoms with Gasteiger partial charge in [-0.25, -0.2) is 0 Å². The molecule has 0 saturated heterocycles. The van der Waals surface area contributed by atoms with Crippen molar-refractivity contribution >= 4 is 29.2 Å². The molecule has 2 aromatic rings. The fraction of sp³-hybridized carbons (Fsp3) is 0.176. The first-order valence-electron chi connectivity index (χ1n) is 7.16. The molecule has 0 aliphatic rings. The fourth-order valence-electron chi connectivity index (χ4n) is 1.72. The average molecular weight is 313 g/mol. The third-order valence-corrected chi connectivity index (χ3v) is 2.96. The molecular formula is C17H19N3OS. The summed E-state index contributed by atoms with van der Waals surface area (Å²) in [7, 11) is 0. The largest absolute Gasteiger partial charge is 0.494 e. The van der Waals surface area contributed by atoms with E-state index in [9.17, 15) is 0 Å². The lowest BCUT2D eigenvalue weighted by molar-refractivity contribution is 0.317. The summed E-state index contributed by atoms with van der Waals surface area (Å²) in [6.45, 7) is 2.81. The number of hydrogen-bond acceptors (Lipinski definition) is 3. The summed E-state index contributed by atoms with van der Waals surface area (Å²) < 4.78 is 5.53. The third-order valence-electron chi connectivity index (χ3n) is 2.76. The number of benzene rings is 2. The quantitative estimate of drug-likeness (QED) is 0.484. The van der Waals surface area contributed by atoms with Crippen LogP contribution in [0.25, 0.3) is 0 Å². The Morgan fingerprint density at radius 1 is 1.14 bits per heavy atom. The number of thiocarbonyl (C=S) groups is 1. The molecule has 2 N–H and O–H groups in total. The molecule has 114 valence electrons. The van der Waals surface area contributed by atoms with Crippen molar-refractivity contribution in [2.45, 2.75) is 13.3 Å². The molecule has 0 aliphatic carbocycles. The summed E-state index contributed by atoms with van der Waals surface area (Å²) in [5, 5.41) is 7.61. The van der Waals surface area contributed by atoms with Gasteiger partial charge in [-0.15, -0.1) is 0 Å². The van der Waals surface area contributed by atoms with E-state index in [0.717, 1.165) is 30.0 Å². The SMILES string of the molecule is CCCOc1ccc(C=NNC(=S)Nc2ccccc2)cc1. The monoisotopic (exact) mass is 313 g/mol. The van der Waals surface area contributed by atoms with E-state index in [0.29, 0.717) is 5.11 Å². The van der Waals surface area contributed by atoms with Crippen molar-refractivity contribution in [2.75, 3.05) is 11.9 Å². The minimum absolute atomic E-state index is 0.449. The van der Waals surface area contributed by atoms with E-state index in [4.69, 9.17) is 17.0 Å². The van der Waals surface area contributed by atoms with E-state index in [-0.39, 0.29) is 0 Å². The first-order chi connectivity index (χ1) is 10.8. The van der Waals surface area contributed by atoms with E-state index in [2.05, 4.69) is 22.8 Å². The molecule has 2 rings (SSSR count). The molecule has 2 aromatic carbocycles. The lowest BCUT2D eigenvalue weighted by atomic mass is 10.2. The maximum absolute atomic E-state index is 5.53. The van der Waals surface area contributed by atoms with Crippen LogP contribution in [0.1, 0.15) is 18.9 Å². The van der Waals surface area contributed by atoms with Crippen molar-refractivity contribution in [3.8, 4) is 5.75 Å². The summed E-state index contributed by atoms with van der Waals surface area (Å²) in [6, 6.07) is 17.5. The second-order valence-electron chi connectivity index (χ2n) is 4.61. The van der Waals surface area contributed by atoms with Crippen LogP contribution >= 0.6 is 12.2 Å². The summed E-state index contributed by atoms with van der Waals surface area (Å²) in [5.41, 5.74) is 4.68. The zero-order valence-electron chi connectivity index (χ0n) is 12.5. The van der Waals surface area contributed by atoms with Crippen LogP contribution in [0.15, 0.2) is 59.7 Å². The molecule has 0 bridgehead atoms. The van der Waals surface area contributed by atoms with Gasteiger partial charge in [0.25, 0.3) is 0 Å². The molecular weight excluding hydrogens is 294 g/mol. The van der Waals surface area contributed by atoms with Crippen LogP contribution in [0.3, 0.4) is 0 Å². The van der Waals surface area contributed by atoms with Crippen LogP contribution in [0, 0.1) is 0 Å². The Hall–Kier alpha value is -2.40. The Labute approximate surface area is 136 Å². The molecule has 0 heterocycles. The molecule has 5 heteroatoms. The lowest BCUT2D eigenvalue weighted by Crippen LogP contribution is -2.23. The Bertz CT molecular complexity index is 612. The van der Waals surface area contributed by atoms with Gasteiger partial charge >= 0.3 is 0 Å². The first kappa shape index (κ1) is 16.0. The van der Waals surface area contributed by atoms with Gasteiger partial charge < -0.3 is 10.1 Å². The van der Waals surface area contributed by atoms with Gasteiger partial charge in [0.15, 0.2) is 5.11 Å².